The van der Waals surface area contributed by atoms with Gasteiger partial charge in [-0.3, -0.25) is 4.79 Å². The molecule has 0 amide bonds. The fourth-order valence-electron chi connectivity index (χ4n) is 2.42. The third-order valence-corrected chi connectivity index (χ3v) is 3.50. The number of H-pyrrole nitrogens is 1. The number of para-hydroxylation sites is 1. The van der Waals surface area contributed by atoms with Crippen LogP contribution in [0.3, 0.4) is 0 Å². The molecule has 0 aliphatic heterocycles. The van der Waals surface area contributed by atoms with E-state index in [9.17, 15) is 22.4 Å². The normalized spacial score (nSPS) is 11.9. The number of aromatic nitrogens is 2. The summed E-state index contributed by atoms with van der Waals surface area (Å²) in [6.45, 7) is 1.17. The maximum atomic E-state index is 14.4. The molecule has 0 fully saturated rings. The molecule has 7 heteroatoms. The van der Waals surface area contributed by atoms with Crippen molar-refractivity contribution in [1.82, 2.24) is 9.97 Å². The van der Waals surface area contributed by atoms with Gasteiger partial charge in [0.1, 0.15) is 11.6 Å². The number of fused-ring (bicyclic) bond motifs is 1. The highest BCUT2D eigenvalue weighted by Gasteiger charge is 2.37. The standard InChI is InChI=1S/C16H10F4N2O/c1-8-6-7-10(13(17)12(8)16(18,19)20)14-21-11-5-3-2-4-9(11)15(23)22-14/h2-7H,1H3,(H,21,22,23). The van der Waals surface area contributed by atoms with Crippen LogP contribution in [0.1, 0.15) is 11.1 Å². The van der Waals surface area contributed by atoms with E-state index >= 15 is 0 Å². The molecule has 0 aliphatic carbocycles. The lowest BCUT2D eigenvalue weighted by Crippen LogP contribution is -2.14. The van der Waals surface area contributed by atoms with Crippen molar-refractivity contribution in [2.24, 2.45) is 0 Å². The number of aromatic amines is 1. The van der Waals surface area contributed by atoms with Crippen LogP contribution in [-0.2, 0) is 6.18 Å². The van der Waals surface area contributed by atoms with E-state index in [1.165, 1.54) is 25.1 Å². The molecule has 1 aromatic heterocycles. The molecule has 23 heavy (non-hydrogen) atoms. The summed E-state index contributed by atoms with van der Waals surface area (Å²) in [5.74, 6) is -1.69. The number of alkyl halides is 3. The third-order valence-electron chi connectivity index (χ3n) is 3.50. The highest BCUT2D eigenvalue weighted by Crippen LogP contribution is 2.37. The van der Waals surface area contributed by atoms with Gasteiger partial charge in [0.25, 0.3) is 5.56 Å². The summed E-state index contributed by atoms with van der Waals surface area (Å²) in [6, 6.07) is 8.64. The Morgan fingerprint density at radius 1 is 1.09 bits per heavy atom. The number of halogens is 4. The van der Waals surface area contributed by atoms with Gasteiger partial charge in [0.05, 0.1) is 22.0 Å². The minimum Gasteiger partial charge on any atom is -0.306 e. The summed E-state index contributed by atoms with van der Waals surface area (Å²) >= 11 is 0. The van der Waals surface area contributed by atoms with Crippen LogP contribution in [0.15, 0.2) is 41.2 Å². The van der Waals surface area contributed by atoms with Crippen molar-refractivity contribution in [3.8, 4) is 11.4 Å². The molecule has 0 unspecified atom stereocenters. The molecule has 118 valence electrons. The molecule has 0 atom stereocenters. The average molecular weight is 322 g/mol. The van der Waals surface area contributed by atoms with Crippen molar-refractivity contribution in [3.05, 3.63) is 63.7 Å². The first-order valence-electron chi connectivity index (χ1n) is 6.65. The van der Waals surface area contributed by atoms with E-state index in [1.54, 1.807) is 12.1 Å². The molecule has 2 aromatic carbocycles. The predicted octanol–water partition coefficient (Wildman–Crippen LogP) is 4.06. The van der Waals surface area contributed by atoms with Gasteiger partial charge in [-0.15, -0.1) is 0 Å². The van der Waals surface area contributed by atoms with Crippen LogP contribution in [0, 0.1) is 12.7 Å². The van der Waals surface area contributed by atoms with E-state index in [4.69, 9.17) is 0 Å². The summed E-state index contributed by atoms with van der Waals surface area (Å²) in [7, 11) is 0. The molecular formula is C16H10F4N2O. The fraction of sp³-hybridized carbons (Fsp3) is 0.125. The van der Waals surface area contributed by atoms with E-state index in [-0.39, 0.29) is 22.3 Å². The van der Waals surface area contributed by atoms with E-state index in [2.05, 4.69) is 9.97 Å². The van der Waals surface area contributed by atoms with Crippen LogP contribution >= 0.6 is 0 Å². The topological polar surface area (TPSA) is 45.8 Å². The highest BCUT2D eigenvalue weighted by atomic mass is 19.4. The van der Waals surface area contributed by atoms with Crippen molar-refractivity contribution < 1.29 is 17.6 Å². The summed E-state index contributed by atoms with van der Waals surface area (Å²) in [6.07, 6.45) is -4.83. The molecular weight excluding hydrogens is 312 g/mol. The van der Waals surface area contributed by atoms with Crippen LogP contribution < -0.4 is 5.56 Å². The minimum absolute atomic E-state index is 0.234. The van der Waals surface area contributed by atoms with Gasteiger partial charge in [-0.05, 0) is 30.7 Å². The molecule has 0 saturated carbocycles. The summed E-state index contributed by atoms with van der Waals surface area (Å²) < 4.78 is 53.4. The van der Waals surface area contributed by atoms with Crippen LogP contribution in [0.25, 0.3) is 22.3 Å². The lowest BCUT2D eigenvalue weighted by Gasteiger charge is -2.14. The molecule has 1 N–H and O–H groups in total. The van der Waals surface area contributed by atoms with Gasteiger partial charge >= 0.3 is 6.18 Å². The SMILES string of the molecule is Cc1ccc(-c2nc3ccccc3c(=O)[nH]2)c(F)c1C(F)(F)F. The molecule has 3 aromatic rings. The number of benzene rings is 2. The van der Waals surface area contributed by atoms with Gasteiger partial charge in [-0.1, -0.05) is 18.2 Å². The largest absolute Gasteiger partial charge is 0.419 e. The summed E-state index contributed by atoms with van der Waals surface area (Å²) in [4.78, 5) is 18.4. The van der Waals surface area contributed by atoms with E-state index in [0.29, 0.717) is 0 Å². The molecule has 0 bridgehead atoms. The van der Waals surface area contributed by atoms with Crippen molar-refractivity contribution in [2.45, 2.75) is 13.1 Å². The summed E-state index contributed by atoms with van der Waals surface area (Å²) in [5, 5.41) is 0.278. The van der Waals surface area contributed by atoms with Crippen LogP contribution in [0.4, 0.5) is 17.6 Å². The number of hydrogen-bond acceptors (Lipinski definition) is 2. The van der Waals surface area contributed by atoms with Crippen LogP contribution in [0.5, 0.6) is 0 Å². The van der Waals surface area contributed by atoms with E-state index < -0.39 is 28.7 Å². The fourth-order valence-corrected chi connectivity index (χ4v) is 2.42. The minimum atomic E-state index is -4.83. The number of hydrogen-bond donors (Lipinski definition) is 1. The number of nitrogens with zero attached hydrogens (tertiary/aromatic N) is 1. The maximum absolute atomic E-state index is 14.4. The van der Waals surface area contributed by atoms with Gasteiger partial charge in [-0.25, -0.2) is 9.37 Å². The van der Waals surface area contributed by atoms with Crippen molar-refractivity contribution in [2.75, 3.05) is 0 Å². The monoisotopic (exact) mass is 322 g/mol. The lowest BCUT2D eigenvalue weighted by molar-refractivity contribution is -0.140. The molecule has 0 saturated heterocycles. The van der Waals surface area contributed by atoms with E-state index in [1.807, 2.05) is 0 Å². The predicted molar refractivity (Wildman–Crippen MR) is 77.5 cm³/mol. The van der Waals surface area contributed by atoms with Gasteiger partial charge < -0.3 is 4.98 Å². The lowest BCUT2D eigenvalue weighted by atomic mass is 10.0. The number of nitrogens with one attached hydrogen (secondary N) is 1. The van der Waals surface area contributed by atoms with Gasteiger partial charge in [-0.2, -0.15) is 13.2 Å². The second-order valence-corrected chi connectivity index (χ2v) is 5.05. The van der Waals surface area contributed by atoms with Crippen molar-refractivity contribution in [3.63, 3.8) is 0 Å². The molecule has 0 aliphatic rings. The second-order valence-electron chi connectivity index (χ2n) is 5.05. The first kappa shape index (κ1) is 15.2. The van der Waals surface area contributed by atoms with Crippen LogP contribution in [-0.4, -0.2) is 9.97 Å². The zero-order valence-corrected chi connectivity index (χ0v) is 11.8. The average Bonchev–Trinajstić information content (AvgIpc) is 2.46. The third kappa shape index (κ3) is 2.58. The zero-order chi connectivity index (χ0) is 16.8. The number of rotatable bonds is 1. The molecule has 1 heterocycles. The first-order valence-corrected chi connectivity index (χ1v) is 6.65. The Kier molecular flexibility index (Phi) is 3.43. The maximum Gasteiger partial charge on any atom is 0.419 e. The Morgan fingerprint density at radius 2 is 1.78 bits per heavy atom. The Labute approximate surface area is 127 Å². The molecule has 0 radical (unpaired) electrons. The molecule has 0 spiro atoms. The quantitative estimate of drug-likeness (QED) is 0.687. The number of aryl methyl sites for hydroxylation is 1. The molecule has 3 nitrogen and oxygen atoms in total. The zero-order valence-electron chi connectivity index (χ0n) is 11.8. The smallest absolute Gasteiger partial charge is 0.306 e. The Hall–Kier alpha value is -2.70. The van der Waals surface area contributed by atoms with Gasteiger partial charge in [0, 0.05) is 0 Å². The Balaban J connectivity index is 2.30. The van der Waals surface area contributed by atoms with Gasteiger partial charge in [0.15, 0.2) is 0 Å². The van der Waals surface area contributed by atoms with Gasteiger partial charge in [0.2, 0.25) is 0 Å². The summed E-state index contributed by atoms with van der Waals surface area (Å²) in [5.41, 5.74) is -2.25. The highest BCUT2D eigenvalue weighted by molar-refractivity contribution is 5.79. The van der Waals surface area contributed by atoms with E-state index in [0.717, 1.165) is 6.07 Å². The second kappa shape index (κ2) is 5.19. The van der Waals surface area contributed by atoms with Crippen molar-refractivity contribution >= 4 is 10.9 Å². The van der Waals surface area contributed by atoms with Crippen molar-refractivity contribution in [1.29, 1.82) is 0 Å². The first-order chi connectivity index (χ1) is 10.8. The Bertz CT molecular complexity index is 960. The molecule has 3 rings (SSSR count). The Morgan fingerprint density at radius 3 is 2.48 bits per heavy atom. The van der Waals surface area contributed by atoms with Crippen LogP contribution in [0.2, 0.25) is 0 Å².